The number of amides is 1. The lowest BCUT2D eigenvalue weighted by atomic mass is 9.98. The van der Waals surface area contributed by atoms with E-state index in [-0.39, 0.29) is 51.6 Å². The van der Waals surface area contributed by atoms with Crippen molar-refractivity contribution in [3.63, 3.8) is 0 Å². The number of ether oxygens (including phenoxy) is 2. The van der Waals surface area contributed by atoms with Crippen LogP contribution in [-0.4, -0.2) is 80.1 Å². The summed E-state index contributed by atoms with van der Waals surface area (Å²) in [5, 5.41) is 9.19. The molecule has 2 aliphatic heterocycles. The molecule has 0 saturated carbocycles. The fraction of sp³-hybridized carbons (Fsp3) is 0.455. The van der Waals surface area contributed by atoms with Gasteiger partial charge in [0.2, 0.25) is 10.0 Å². The first-order valence-corrected chi connectivity index (χ1v) is 12.2. The molecule has 10 nitrogen and oxygen atoms in total. The van der Waals surface area contributed by atoms with Crippen molar-refractivity contribution < 1.29 is 27.9 Å². The minimum Gasteiger partial charge on any atom is -0.496 e. The summed E-state index contributed by atoms with van der Waals surface area (Å²) < 4.78 is 37.2. The summed E-state index contributed by atoms with van der Waals surface area (Å²) in [4.78, 5) is 19.0. The second-order valence-corrected chi connectivity index (χ2v) is 10.3. The predicted octanol–water partition coefficient (Wildman–Crippen LogP) is 1.69. The normalized spacial score (nSPS) is 18.6. The number of para-hydroxylation sites is 1. The maximum absolute atomic E-state index is 13.4. The molecule has 34 heavy (non-hydrogen) atoms. The number of pyridine rings is 1. The van der Waals surface area contributed by atoms with E-state index in [1.54, 1.807) is 18.8 Å². The van der Waals surface area contributed by atoms with Crippen LogP contribution in [0.5, 0.6) is 5.75 Å². The summed E-state index contributed by atoms with van der Waals surface area (Å²) in [5.74, 6) is 0.612. The van der Waals surface area contributed by atoms with Gasteiger partial charge in [-0.2, -0.15) is 4.31 Å². The Bertz CT molecular complexity index is 1080. The van der Waals surface area contributed by atoms with Crippen molar-refractivity contribution in [2.75, 3.05) is 51.4 Å². The Morgan fingerprint density at radius 3 is 2.38 bits per heavy atom. The molecule has 2 fully saturated rings. The lowest BCUT2D eigenvalue weighted by Crippen LogP contribution is -2.62. The van der Waals surface area contributed by atoms with E-state index in [2.05, 4.69) is 4.98 Å². The topological polar surface area (TPSA) is 121 Å². The van der Waals surface area contributed by atoms with Gasteiger partial charge in [0, 0.05) is 69.6 Å². The van der Waals surface area contributed by atoms with E-state index in [0.29, 0.717) is 13.1 Å². The summed E-state index contributed by atoms with van der Waals surface area (Å²) >= 11 is 0. The van der Waals surface area contributed by atoms with Gasteiger partial charge in [-0.15, -0.1) is 12.4 Å². The lowest BCUT2D eigenvalue weighted by molar-refractivity contribution is -0.134. The smallest absolute Gasteiger partial charge is 0.266 e. The Morgan fingerprint density at radius 2 is 1.79 bits per heavy atom. The van der Waals surface area contributed by atoms with Crippen LogP contribution in [0.4, 0.5) is 5.82 Å². The summed E-state index contributed by atoms with van der Waals surface area (Å²) in [6.07, 6.45) is 1.79. The minimum absolute atomic E-state index is 0. The largest absolute Gasteiger partial charge is 0.496 e. The highest BCUT2D eigenvalue weighted by atomic mass is 35.5. The lowest BCUT2D eigenvalue weighted by Gasteiger charge is -2.41. The number of carbonyl (C=O) groups excluding carboxylic acids is 1. The molecule has 0 bridgehead atoms. The van der Waals surface area contributed by atoms with Crippen molar-refractivity contribution in [3.05, 3.63) is 42.6 Å². The van der Waals surface area contributed by atoms with Gasteiger partial charge in [0.1, 0.15) is 11.6 Å². The molecular weight excluding hydrogens is 484 g/mol. The summed E-state index contributed by atoms with van der Waals surface area (Å²) in [6.45, 7) is 1.62. The molecule has 4 rings (SSSR count). The van der Waals surface area contributed by atoms with Crippen LogP contribution < -0.4 is 15.1 Å². The zero-order chi connectivity index (χ0) is 23.5. The van der Waals surface area contributed by atoms with Crippen LogP contribution in [0.3, 0.4) is 0 Å². The molecule has 0 atom stereocenters. The predicted molar refractivity (Wildman–Crippen MR) is 129 cm³/mol. The third kappa shape index (κ3) is 4.71. The second kappa shape index (κ2) is 10.9. The molecule has 12 heteroatoms. The first kappa shape index (κ1) is 26.2. The maximum Gasteiger partial charge on any atom is 0.266 e. The molecule has 2 N–H and O–H groups in total. The van der Waals surface area contributed by atoms with E-state index in [9.17, 15) is 18.4 Å². The third-order valence-electron chi connectivity index (χ3n) is 6.38. The molecule has 3 heterocycles. The van der Waals surface area contributed by atoms with Gasteiger partial charge in [0.05, 0.1) is 7.11 Å². The number of aromatic nitrogens is 1. The highest BCUT2D eigenvalue weighted by molar-refractivity contribution is 7.91. The molecule has 0 radical (unpaired) electrons. The number of rotatable bonds is 6. The standard InChI is InChI=1S/C22H28N4O6S.ClH/c1-31-19-5-3-2-4-18(19)17-6-7-20(23-16-17)25-10-12-26(13-11-25)33(29,30)22(21(27)24-28)8-14-32-15-9-22;/h2-7,16,28H,8-15H2,1H3,(H,24,27);1H. The number of hydrogen-bond donors (Lipinski definition) is 2. The van der Waals surface area contributed by atoms with Crippen molar-refractivity contribution in [1.82, 2.24) is 14.8 Å². The number of halogens is 1. The fourth-order valence-corrected chi connectivity index (χ4v) is 6.53. The van der Waals surface area contributed by atoms with Gasteiger partial charge in [-0.1, -0.05) is 18.2 Å². The number of sulfonamides is 1. The van der Waals surface area contributed by atoms with Gasteiger partial charge in [0.25, 0.3) is 5.91 Å². The number of anilines is 1. The molecule has 2 saturated heterocycles. The van der Waals surface area contributed by atoms with E-state index in [4.69, 9.17) is 9.47 Å². The van der Waals surface area contributed by atoms with Gasteiger partial charge in [-0.25, -0.2) is 18.9 Å². The highest BCUT2D eigenvalue weighted by Crippen LogP contribution is 2.34. The van der Waals surface area contributed by atoms with Crippen LogP contribution in [0.1, 0.15) is 12.8 Å². The first-order valence-electron chi connectivity index (χ1n) is 10.8. The van der Waals surface area contributed by atoms with Crippen molar-refractivity contribution in [2.24, 2.45) is 0 Å². The van der Waals surface area contributed by atoms with Gasteiger partial charge >= 0.3 is 0 Å². The number of hydroxylamine groups is 1. The highest BCUT2D eigenvalue weighted by Gasteiger charge is 2.54. The zero-order valence-corrected chi connectivity index (χ0v) is 20.5. The first-order chi connectivity index (χ1) is 15.9. The zero-order valence-electron chi connectivity index (χ0n) is 18.8. The van der Waals surface area contributed by atoms with Crippen LogP contribution >= 0.6 is 12.4 Å². The Labute approximate surface area is 205 Å². The van der Waals surface area contributed by atoms with Gasteiger partial charge in [-0.05, 0) is 18.2 Å². The van der Waals surface area contributed by atoms with Crippen LogP contribution in [0.15, 0.2) is 42.6 Å². The molecular formula is C22H29ClN4O6S. The number of hydrogen-bond acceptors (Lipinski definition) is 8. The van der Waals surface area contributed by atoms with E-state index < -0.39 is 20.7 Å². The van der Waals surface area contributed by atoms with Crippen molar-refractivity contribution in [2.45, 2.75) is 17.6 Å². The van der Waals surface area contributed by atoms with E-state index in [0.717, 1.165) is 22.7 Å². The number of methoxy groups -OCH3 is 1. The van der Waals surface area contributed by atoms with Crippen LogP contribution in [-0.2, 0) is 19.6 Å². The minimum atomic E-state index is -3.99. The molecule has 0 unspecified atom stereocenters. The molecule has 2 aromatic rings. The third-order valence-corrected chi connectivity index (χ3v) is 9.00. The number of benzene rings is 1. The molecule has 1 aromatic heterocycles. The van der Waals surface area contributed by atoms with Gasteiger partial charge in [0.15, 0.2) is 4.75 Å². The molecule has 0 spiro atoms. The van der Waals surface area contributed by atoms with Crippen molar-refractivity contribution in [3.8, 4) is 16.9 Å². The average Bonchev–Trinajstić information content (AvgIpc) is 2.88. The summed E-state index contributed by atoms with van der Waals surface area (Å²) in [5.41, 5.74) is 3.42. The van der Waals surface area contributed by atoms with E-state index in [1.807, 2.05) is 41.3 Å². The number of nitrogens with one attached hydrogen (secondary N) is 1. The average molecular weight is 513 g/mol. The Kier molecular flexibility index (Phi) is 8.37. The molecule has 2 aliphatic rings. The summed E-state index contributed by atoms with van der Waals surface area (Å²) in [6, 6.07) is 11.6. The Hall–Kier alpha value is -2.44. The quantitative estimate of drug-likeness (QED) is 0.443. The van der Waals surface area contributed by atoms with Crippen LogP contribution in [0.25, 0.3) is 11.1 Å². The van der Waals surface area contributed by atoms with Gasteiger partial charge in [-0.3, -0.25) is 10.0 Å². The van der Waals surface area contributed by atoms with Gasteiger partial charge < -0.3 is 14.4 Å². The molecule has 1 amide bonds. The summed E-state index contributed by atoms with van der Waals surface area (Å²) in [7, 11) is -2.37. The molecule has 0 aliphatic carbocycles. The fourth-order valence-electron chi connectivity index (χ4n) is 4.43. The number of piperazine rings is 1. The number of nitrogens with zero attached hydrogens (tertiary/aromatic N) is 3. The number of carbonyl (C=O) groups is 1. The molecule has 186 valence electrons. The Balaban J connectivity index is 0.00000324. The van der Waals surface area contributed by atoms with Crippen molar-refractivity contribution >= 4 is 34.2 Å². The second-order valence-electron chi connectivity index (χ2n) is 8.04. The van der Waals surface area contributed by atoms with Crippen LogP contribution in [0.2, 0.25) is 0 Å². The Morgan fingerprint density at radius 1 is 1.12 bits per heavy atom. The van der Waals surface area contributed by atoms with E-state index >= 15 is 0 Å². The monoisotopic (exact) mass is 512 g/mol. The van der Waals surface area contributed by atoms with Crippen LogP contribution in [0, 0.1) is 0 Å². The van der Waals surface area contributed by atoms with Crippen molar-refractivity contribution in [1.29, 1.82) is 0 Å². The van der Waals surface area contributed by atoms with E-state index in [1.165, 1.54) is 4.31 Å². The molecule has 1 aromatic carbocycles. The maximum atomic E-state index is 13.4. The SMILES string of the molecule is COc1ccccc1-c1ccc(N2CCN(S(=O)(=O)C3(C(=O)NO)CCOCC3)CC2)nc1.Cl.